The summed E-state index contributed by atoms with van der Waals surface area (Å²) in [5, 5.41) is 2.90. The molecule has 1 amide bonds. The molecule has 0 radical (unpaired) electrons. The van der Waals surface area contributed by atoms with Crippen molar-refractivity contribution in [2.24, 2.45) is 5.73 Å². The van der Waals surface area contributed by atoms with E-state index >= 15 is 0 Å². The maximum Gasteiger partial charge on any atom is 0.220 e. The average molecular weight is 224 g/mol. The van der Waals surface area contributed by atoms with Crippen molar-refractivity contribution in [1.29, 1.82) is 0 Å². The Balaban J connectivity index is 2.19. The van der Waals surface area contributed by atoms with E-state index in [0.29, 0.717) is 13.0 Å². The van der Waals surface area contributed by atoms with Crippen LogP contribution in [0.1, 0.15) is 44.4 Å². The van der Waals surface area contributed by atoms with E-state index < -0.39 is 0 Å². The van der Waals surface area contributed by atoms with Gasteiger partial charge in [0.2, 0.25) is 5.91 Å². The first-order valence-electron chi connectivity index (χ1n) is 5.77. The van der Waals surface area contributed by atoms with Gasteiger partial charge >= 0.3 is 0 Å². The Kier molecular flexibility index (Phi) is 5.64. The number of nitrogens with two attached hydrogens (primary N) is 1. The Labute approximate surface area is 96.2 Å². The summed E-state index contributed by atoms with van der Waals surface area (Å²) in [6, 6.07) is 3.62. The first-order valence-corrected chi connectivity index (χ1v) is 5.77. The minimum atomic E-state index is -0.0583. The number of carbonyl (C=O) groups is 1. The number of amides is 1. The highest BCUT2D eigenvalue weighted by Crippen LogP contribution is 2.12. The Morgan fingerprint density at radius 1 is 1.50 bits per heavy atom. The van der Waals surface area contributed by atoms with Crippen molar-refractivity contribution in [3.8, 4) is 0 Å². The maximum atomic E-state index is 11.5. The van der Waals surface area contributed by atoms with Crippen LogP contribution in [0.4, 0.5) is 0 Å². The fourth-order valence-corrected chi connectivity index (χ4v) is 1.53. The molecule has 0 unspecified atom stereocenters. The van der Waals surface area contributed by atoms with Gasteiger partial charge in [-0.2, -0.15) is 0 Å². The lowest BCUT2D eigenvalue weighted by Crippen LogP contribution is -2.26. The molecule has 1 atom stereocenters. The van der Waals surface area contributed by atoms with E-state index in [2.05, 4.69) is 5.32 Å². The standard InChI is InChI=1S/C12H20N2O2/c1-10(11-6-5-9-16-11)14-12(15)7-3-2-4-8-13/h5-6,9-10H,2-4,7-8,13H2,1H3,(H,14,15)/t10-/m1/s1. The van der Waals surface area contributed by atoms with E-state index in [9.17, 15) is 4.79 Å². The van der Waals surface area contributed by atoms with Crippen molar-refractivity contribution in [2.45, 2.75) is 38.6 Å². The fraction of sp³-hybridized carbons (Fsp3) is 0.583. The zero-order valence-electron chi connectivity index (χ0n) is 9.74. The summed E-state index contributed by atoms with van der Waals surface area (Å²) in [5.41, 5.74) is 5.38. The number of carbonyl (C=O) groups excluding carboxylic acids is 1. The van der Waals surface area contributed by atoms with Crippen LogP contribution in [-0.2, 0) is 4.79 Å². The fourth-order valence-electron chi connectivity index (χ4n) is 1.53. The summed E-state index contributed by atoms with van der Waals surface area (Å²) >= 11 is 0. The Bertz CT molecular complexity index is 296. The van der Waals surface area contributed by atoms with Crippen molar-refractivity contribution in [3.63, 3.8) is 0 Å². The van der Waals surface area contributed by atoms with E-state index in [-0.39, 0.29) is 11.9 Å². The number of hydrogen-bond acceptors (Lipinski definition) is 3. The largest absolute Gasteiger partial charge is 0.467 e. The average Bonchev–Trinajstić information content (AvgIpc) is 2.77. The summed E-state index contributed by atoms with van der Waals surface area (Å²) < 4.78 is 5.21. The molecule has 0 spiro atoms. The second-order valence-corrected chi connectivity index (χ2v) is 3.90. The van der Waals surface area contributed by atoms with Gasteiger partial charge in [-0.3, -0.25) is 4.79 Å². The summed E-state index contributed by atoms with van der Waals surface area (Å²) in [6.07, 6.45) is 5.07. The summed E-state index contributed by atoms with van der Waals surface area (Å²) in [5.74, 6) is 0.858. The van der Waals surface area contributed by atoms with Crippen molar-refractivity contribution in [2.75, 3.05) is 6.54 Å². The van der Waals surface area contributed by atoms with Gasteiger partial charge in [-0.05, 0) is 38.4 Å². The quantitative estimate of drug-likeness (QED) is 0.696. The van der Waals surface area contributed by atoms with Crippen LogP contribution in [0.3, 0.4) is 0 Å². The van der Waals surface area contributed by atoms with Crippen LogP contribution in [0, 0.1) is 0 Å². The monoisotopic (exact) mass is 224 g/mol. The predicted molar refractivity (Wildman–Crippen MR) is 62.8 cm³/mol. The summed E-state index contributed by atoms with van der Waals surface area (Å²) in [7, 11) is 0. The van der Waals surface area contributed by atoms with Gasteiger partial charge in [0.15, 0.2) is 0 Å². The third-order valence-electron chi connectivity index (χ3n) is 2.46. The molecule has 0 saturated carbocycles. The molecule has 4 nitrogen and oxygen atoms in total. The SMILES string of the molecule is C[C@@H](NC(=O)CCCCCN)c1ccco1. The molecule has 0 saturated heterocycles. The number of furan rings is 1. The number of hydrogen-bond donors (Lipinski definition) is 2. The summed E-state index contributed by atoms with van der Waals surface area (Å²) in [6.45, 7) is 2.61. The third kappa shape index (κ3) is 4.49. The van der Waals surface area contributed by atoms with E-state index in [4.69, 9.17) is 10.2 Å². The molecule has 0 aliphatic heterocycles. The predicted octanol–water partition coefficient (Wildman–Crippen LogP) is 1.98. The zero-order chi connectivity index (χ0) is 11.8. The van der Waals surface area contributed by atoms with Crippen molar-refractivity contribution in [3.05, 3.63) is 24.2 Å². The van der Waals surface area contributed by atoms with Crippen LogP contribution < -0.4 is 11.1 Å². The van der Waals surface area contributed by atoms with Crippen molar-refractivity contribution < 1.29 is 9.21 Å². The Morgan fingerprint density at radius 2 is 2.31 bits per heavy atom. The number of unbranched alkanes of at least 4 members (excludes halogenated alkanes) is 2. The van der Waals surface area contributed by atoms with Gasteiger partial charge in [-0.25, -0.2) is 0 Å². The highest BCUT2D eigenvalue weighted by atomic mass is 16.3. The topological polar surface area (TPSA) is 68.3 Å². The van der Waals surface area contributed by atoms with Gasteiger partial charge < -0.3 is 15.5 Å². The van der Waals surface area contributed by atoms with Gasteiger partial charge in [0.05, 0.1) is 12.3 Å². The molecule has 90 valence electrons. The maximum absolute atomic E-state index is 11.5. The molecule has 1 aromatic rings. The normalized spacial score (nSPS) is 12.4. The number of rotatable bonds is 7. The molecule has 3 N–H and O–H groups in total. The van der Waals surface area contributed by atoms with Crippen LogP contribution >= 0.6 is 0 Å². The van der Waals surface area contributed by atoms with E-state index in [1.807, 2.05) is 19.1 Å². The molecule has 16 heavy (non-hydrogen) atoms. The lowest BCUT2D eigenvalue weighted by atomic mass is 10.1. The molecule has 0 aliphatic carbocycles. The van der Waals surface area contributed by atoms with Gasteiger partial charge in [-0.15, -0.1) is 0 Å². The molecule has 0 aromatic carbocycles. The highest BCUT2D eigenvalue weighted by molar-refractivity contribution is 5.76. The third-order valence-corrected chi connectivity index (χ3v) is 2.46. The van der Waals surface area contributed by atoms with Crippen molar-refractivity contribution in [1.82, 2.24) is 5.32 Å². The molecule has 4 heteroatoms. The molecule has 0 bridgehead atoms. The molecule has 1 aromatic heterocycles. The minimum Gasteiger partial charge on any atom is -0.467 e. The van der Waals surface area contributed by atoms with E-state index in [1.165, 1.54) is 0 Å². The van der Waals surface area contributed by atoms with E-state index in [0.717, 1.165) is 25.0 Å². The molecule has 1 heterocycles. The second-order valence-electron chi connectivity index (χ2n) is 3.90. The van der Waals surface area contributed by atoms with Gasteiger partial charge in [0.25, 0.3) is 0 Å². The lowest BCUT2D eigenvalue weighted by Gasteiger charge is -2.11. The smallest absolute Gasteiger partial charge is 0.220 e. The Hall–Kier alpha value is -1.29. The molecular weight excluding hydrogens is 204 g/mol. The molecule has 0 fully saturated rings. The van der Waals surface area contributed by atoms with Crippen LogP contribution in [0.2, 0.25) is 0 Å². The Morgan fingerprint density at radius 3 is 2.94 bits per heavy atom. The zero-order valence-corrected chi connectivity index (χ0v) is 9.74. The first-order chi connectivity index (χ1) is 7.74. The summed E-state index contributed by atoms with van der Waals surface area (Å²) in [4.78, 5) is 11.5. The van der Waals surface area contributed by atoms with Gasteiger partial charge in [0, 0.05) is 6.42 Å². The first kappa shape index (κ1) is 12.8. The van der Waals surface area contributed by atoms with Gasteiger partial charge in [0.1, 0.15) is 5.76 Å². The van der Waals surface area contributed by atoms with Crippen molar-refractivity contribution >= 4 is 5.91 Å². The van der Waals surface area contributed by atoms with Gasteiger partial charge in [-0.1, -0.05) is 6.42 Å². The lowest BCUT2D eigenvalue weighted by molar-refractivity contribution is -0.122. The number of nitrogens with one attached hydrogen (secondary N) is 1. The molecular formula is C12H20N2O2. The second kappa shape index (κ2) is 7.06. The minimum absolute atomic E-state index is 0.0583. The van der Waals surface area contributed by atoms with Crippen LogP contribution in [0.15, 0.2) is 22.8 Å². The van der Waals surface area contributed by atoms with Crippen LogP contribution in [0.5, 0.6) is 0 Å². The van der Waals surface area contributed by atoms with Crippen LogP contribution in [-0.4, -0.2) is 12.5 Å². The van der Waals surface area contributed by atoms with E-state index in [1.54, 1.807) is 6.26 Å². The molecule has 0 aliphatic rings. The van der Waals surface area contributed by atoms with Crippen LogP contribution in [0.25, 0.3) is 0 Å². The highest BCUT2D eigenvalue weighted by Gasteiger charge is 2.10. The molecule has 1 rings (SSSR count).